The van der Waals surface area contributed by atoms with Gasteiger partial charge in [0.05, 0.1) is 0 Å². The highest BCUT2D eigenvalue weighted by molar-refractivity contribution is 5.99. The summed E-state index contributed by atoms with van der Waals surface area (Å²) in [4.78, 5) is 54.4. The van der Waals surface area contributed by atoms with Crippen molar-refractivity contribution in [3.05, 3.63) is 65.2 Å². The molecule has 0 spiro atoms. The first-order valence-corrected chi connectivity index (χ1v) is 14.9. The Morgan fingerprint density at radius 3 is 2.19 bits per heavy atom. The highest BCUT2D eigenvalue weighted by Crippen LogP contribution is 2.27. The molecule has 230 valence electrons. The van der Waals surface area contributed by atoms with Crippen LogP contribution in [-0.4, -0.2) is 46.9 Å². The molecule has 0 aliphatic rings. The van der Waals surface area contributed by atoms with E-state index in [0.717, 1.165) is 36.8 Å². The summed E-state index contributed by atoms with van der Waals surface area (Å²) in [5.41, 5.74) is 7.90. The van der Waals surface area contributed by atoms with E-state index < -0.39 is 35.6 Å². The molecule has 0 aliphatic carbocycles. The maximum atomic E-state index is 14.3. The van der Waals surface area contributed by atoms with Crippen LogP contribution in [0.2, 0.25) is 0 Å². The molecule has 2 aromatic rings. The van der Waals surface area contributed by atoms with Crippen molar-refractivity contribution in [3.63, 3.8) is 0 Å². The van der Waals surface area contributed by atoms with Gasteiger partial charge < -0.3 is 26.0 Å². The van der Waals surface area contributed by atoms with Gasteiger partial charge in [0.1, 0.15) is 17.7 Å². The van der Waals surface area contributed by atoms with Gasteiger partial charge in [-0.25, -0.2) is 4.79 Å². The molecule has 42 heavy (non-hydrogen) atoms. The van der Waals surface area contributed by atoms with Crippen LogP contribution in [0.25, 0.3) is 0 Å². The van der Waals surface area contributed by atoms with E-state index in [1.54, 1.807) is 20.8 Å². The number of hydrogen-bond acceptors (Lipinski definition) is 5. The molecule has 2 rings (SSSR count). The predicted octanol–water partition coefficient (Wildman–Crippen LogP) is 5.80. The summed E-state index contributed by atoms with van der Waals surface area (Å²) in [5, 5.41) is 5.66. The normalized spacial score (nSPS) is 12.6. The number of aryl methyl sites for hydroxylation is 2. The second kappa shape index (κ2) is 16.5. The third-order valence-corrected chi connectivity index (χ3v) is 6.87. The largest absolute Gasteiger partial charge is 0.444 e. The lowest BCUT2D eigenvalue weighted by atomic mass is 9.99. The van der Waals surface area contributed by atoms with Gasteiger partial charge in [-0.2, -0.15) is 0 Å². The SMILES string of the molecule is CCCCCCN(C(=O)C(CCC(N)=O)NC(=O)OC(C)(C)C)C(C(=O)Nc1ccccc1C)c1ccc(CC)cc1. The number of carbonyl (C=O) groups is 4. The van der Waals surface area contributed by atoms with E-state index in [9.17, 15) is 19.2 Å². The number of nitrogens with zero attached hydrogens (tertiary/aromatic N) is 1. The predicted molar refractivity (Wildman–Crippen MR) is 166 cm³/mol. The summed E-state index contributed by atoms with van der Waals surface area (Å²) >= 11 is 0. The molecule has 0 aromatic heterocycles. The minimum Gasteiger partial charge on any atom is -0.444 e. The minimum absolute atomic E-state index is 0.0280. The Hall–Kier alpha value is -3.88. The molecule has 0 fully saturated rings. The van der Waals surface area contributed by atoms with E-state index in [1.807, 2.05) is 62.4 Å². The highest BCUT2D eigenvalue weighted by atomic mass is 16.6. The van der Waals surface area contributed by atoms with E-state index in [0.29, 0.717) is 17.7 Å². The Bertz CT molecular complexity index is 1190. The van der Waals surface area contributed by atoms with Gasteiger partial charge in [0.2, 0.25) is 11.8 Å². The maximum absolute atomic E-state index is 14.3. The van der Waals surface area contributed by atoms with Gasteiger partial charge in [0.15, 0.2) is 0 Å². The fourth-order valence-corrected chi connectivity index (χ4v) is 4.59. The molecule has 2 unspecified atom stereocenters. The summed E-state index contributed by atoms with van der Waals surface area (Å²) in [6, 6.07) is 13.0. The van der Waals surface area contributed by atoms with E-state index >= 15 is 0 Å². The van der Waals surface area contributed by atoms with Crippen LogP contribution < -0.4 is 16.4 Å². The van der Waals surface area contributed by atoms with Crippen LogP contribution in [0.3, 0.4) is 0 Å². The molecule has 9 nitrogen and oxygen atoms in total. The third kappa shape index (κ3) is 11.2. The van der Waals surface area contributed by atoms with Crippen molar-refractivity contribution in [1.82, 2.24) is 10.2 Å². The van der Waals surface area contributed by atoms with Crippen molar-refractivity contribution in [2.24, 2.45) is 5.73 Å². The lowest BCUT2D eigenvalue weighted by Gasteiger charge is -2.35. The molecule has 9 heteroatoms. The molecule has 0 saturated heterocycles. The standard InChI is InChI=1S/C33H48N4O5/c1-7-9-10-13-22-37(31(40)27(20-21-28(34)38)36-32(41)42-33(4,5)6)29(25-18-16-24(8-2)17-19-25)30(39)35-26-15-12-11-14-23(26)3/h11-12,14-19,27,29H,7-10,13,20-22H2,1-6H3,(H2,34,38)(H,35,39)(H,36,41). The first kappa shape index (κ1) is 34.3. The number of ether oxygens (including phenoxy) is 1. The van der Waals surface area contributed by atoms with E-state index in [4.69, 9.17) is 10.5 Å². The summed E-state index contributed by atoms with van der Waals surface area (Å²) in [5.74, 6) is -1.45. The Kier molecular flexibility index (Phi) is 13.5. The lowest BCUT2D eigenvalue weighted by molar-refractivity contribution is -0.141. The molecule has 2 atom stereocenters. The monoisotopic (exact) mass is 580 g/mol. The second-order valence-corrected chi connectivity index (χ2v) is 11.6. The Morgan fingerprint density at radius 2 is 1.62 bits per heavy atom. The van der Waals surface area contributed by atoms with Crippen molar-refractivity contribution in [3.8, 4) is 0 Å². The van der Waals surface area contributed by atoms with E-state index in [-0.39, 0.29) is 25.3 Å². The van der Waals surface area contributed by atoms with E-state index in [2.05, 4.69) is 17.6 Å². The number of hydrogen-bond donors (Lipinski definition) is 3. The van der Waals surface area contributed by atoms with Crippen LogP contribution in [0.1, 0.15) is 95.9 Å². The molecule has 0 radical (unpaired) electrons. The van der Waals surface area contributed by atoms with Gasteiger partial charge >= 0.3 is 6.09 Å². The van der Waals surface area contributed by atoms with Crippen LogP contribution in [0.15, 0.2) is 48.5 Å². The smallest absolute Gasteiger partial charge is 0.408 e. The number of nitrogens with two attached hydrogens (primary N) is 1. The molecule has 0 aliphatic heterocycles. The number of benzene rings is 2. The number of carbonyl (C=O) groups excluding carboxylic acids is 4. The van der Waals surface area contributed by atoms with Gasteiger partial charge in [0, 0.05) is 18.7 Å². The van der Waals surface area contributed by atoms with Crippen LogP contribution >= 0.6 is 0 Å². The van der Waals surface area contributed by atoms with Crippen molar-refractivity contribution in [1.29, 1.82) is 0 Å². The van der Waals surface area contributed by atoms with Gasteiger partial charge in [-0.05, 0) is 69.7 Å². The summed E-state index contributed by atoms with van der Waals surface area (Å²) in [6.07, 6.45) is 3.40. The minimum atomic E-state index is -1.12. The number of unbranched alkanes of at least 4 members (excludes halogenated alkanes) is 3. The molecule has 0 heterocycles. The van der Waals surface area contributed by atoms with Crippen LogP contribution in [0.4, 0.5) is 10.5 Å². The zero-order valence-corrected chi connectivity index (χ0v) is 26.0. The van der Waals surface area contributed by atoms with Gasteiger partial charge in [-0.15, -0.1) is 0 Å². The Balaban J connectivity index is 2.57. The molecular formula is C33H48N4O5. The summed E-state index contributed by atoms with van der Waals surface area (Å²) < 4.78 is 5.41. The number of anilines is 1. The number of nitrogens with one attached hydrogen (secondary N) is 2. The first-order chi connectivity index (χ1) is 19.9. The third-order valence-electron chi connectivity index (χ3n) is 6.87. The number of rotatable bonds is 15. The quantitative estimate of drug-likeness (QED) is 0.229. The number of alkyl carbamates (subject to hydrolysis) is 1. The average molecular weight is 581 g/mol. The second-order valence-electron chi connectivity index (χ2n) is 11.6. The van der Waals surface area contributed by atoms with Crippen molar-refractivity contribution < 1.29 is 23.9 Å². The number of amides is 4. The number of para-hydroxylation sites is 1. The average Bonchev–Trinajstić information content (AvgIpc) is 2.92. The van der Waals surface area contributed by atoms with Gasteiger partial charge in [-0.1, -0.05) is 75.6 Å². The van der Waals surface area contributed by atoms with Crippen molar-refractivity contribution in [2.75, 3.05) is 11.9 Å². The molecule has 4 amide bonds. The topological polar surface area (TPSA) is 131 Å². The maximum Gasteiger partial charge on any atom is 0.408 e. The first-order valence-electron chi connectivity index (χ1n) is 14.9. The fourth-order valence-electron chi connectivity index (χ4n) is 4.59. The van der Waals surface area contributed by atoms with Gasteiger partial charge in [0.25, 0.3) is 5.91 Å². The molecule has 4 N–H and O–H groups in total. The van der Waals surface area contributed by atoms with E-state index in [1.165, 1.54) is 4.90 Å². The zero-order valence-electron chi connectivity index (χ0n) is 26.0. The Morgan fingerprint density at radius 1 is 0.952 bits per heavy atom. The fraction of sp³-hybridized carbons (Fsp3) is 0.515. The zero-order chi connectivity index (χ0) is 31.3. The Labute approximate surface area is 250 Å². The van der Waals surface area contributed by atoms with Crippen LogP contribution in [0, 0.1) is 6.92 Å². The lowest BCUT2D eigenvalue weighted by Crippen LogP contribution is -2.52. The summed E-state index contributed by atoms with van der Waals surface area (Å²) in [7, 11) is 0. The van der Waals surface area contributed by atoms with Crippen molar-refractivity contribution >= 4 is 29.5 Å². The van der Waals surface area contributed by atoms with Gasteiger partial charge in [-0.3, -0.25) is 14.4 Å². The molecule has 0 saturated carbocycles. The summed E-state index contributed by atoms with van der Waals surface area (Å²) in [6.45, 7) is 11.5. The molecule has 0 bridgehead atoms. The molecule has 2 aromatic carbocycles. The van der Waals surface area contributed by atoms with Crippen molar-refractivity contribution in [2.45, 2.75) is 104 Å². The molecular weight excluding hydrogens is 532 g/mol. The van der Waals surface area contributed by atoms with Crippen LogP contribution in [-0.2, 0) is 25.5 Å². The number of primary amides is 1. The van der Waals surface area contributed by atoms with Crippen LogP contribution in [0.5, 0.6) is 0 Å². The highest BCUT2D eigenvalue weighted by Gasteiger charge is 2.36.